The molecular weight excluding hydrogens is 460 g/mol. The first-order valence-corrected chi connectivity index (χ1v) is 13.8. The predicted octanol–water partition coefficient (Wildman–Crippen LogP) is 10.1. The van der Waals surface area contributed by atoms with Gasteiger partial charge in [0.2, 0.25) is 0 Å². The van der Waals surface area contributed by atoms with Crippen LogP contribution >= 0.6 is 0 Å². The summed E-state index contributed by atoms with van der Waals surface area (Å²) in [4.78, 5) is 6.93. The molecule has 2 atom stereocenters. The van der Waals surface area contributed by atoms with E-state index in [-0.39, 0.29) is 16.2 Å². The maximum Gasteiger partial charge on any atom is 0.0457 e. The Bertz CT molecular complexity index is 1580. The van der Waals surface area contributed by atoms with Crippen LogP contribution in [0.3, 0.4) is 0 Å². The number of hydrogen-bond donors (Lipinski definition) is 2. The Hall–Kier alpha value is -3.52. The summed E-state index contributed by atoms with van der Waals surface area (Å²) in [6.07, 6.45) is 17.9. The second-order valence-electron chi connectivity index (χ2n) is 12.7. The van der Waals surface area contributed by atoms with Crippen LogP contribution in [0, 0.1) is 5.41 Å². The number of benzene rings is 2. The van der Waals surface area contributed by atoms with Crippen LogP contribution in [0.1, 0.15) is 82.6 Å². The monoisotopic (exact) mass is 502 g/mol. The Morgan fingerprint density at radius 3 is 2.05 bits per heavy atom. The molecule has 0 radical (unpaired) electrons. The predicted molar refractivity (Wildman–Crippen MR) is 166 cm³/mol. The van der Waals surface area contributed by atoms with Crippen molar-refractivity contribution in [3.05, 3.63) is 114 Å². The van der Waals surface area contributed by atoms with Gasteiger partial charge < -0.3 is 9.97 Å². The Labute approximate surface area is 228 Å². The molecule has 0 spiro atoms. The van der Waals surface area contributed by atoms with Crippen LogP contribution in [0.25, 0.3) is 27.9 Å². The molecule has 0 aliphatic heterocycles. The molecule has 2 aromatic heterocycles. The molecule has 5 rings (SSSR count). The molecule has 0 unspecified atom stereocenters. The second kappa shape index (κ2) is 9.34. The van der Waals surface area contributed by atoms with E-state index in [4.69, 9.17) is 0 Å². The normalized spacial score (nSPS) is 20.8. The molecule has 0 bridgehead atoms. The van der Waals surface area contributed by atoms with Crippen molar-refractivity contribution < 1.29 is 0 Å². The Morgan fingerprint density at radius 1 is 0.868 bits per heavy atom. The first-order chi connectivity index (χ1) is 18.0. The molecule has 2 N–H and O–H groups in total. The van der Waals surface area contributed by atoms with E-state index >= 15 is 0 Å². The van der Waals surface area contributed by atoms with Crippen molar-refractivity contribution in [1.82, 2.24) is 9.97 Å². The van der Waals surface area contributed by atoms with Gasteiger partial charge in [-0.25, -0.2) is 0 Å². The summed E-state index contributed by atoms with van der Waals surface area (Å²) in [5.41, 5.74) is 8.89. The first-order valence-electron chi connectivity index (χ1n) is 13.8. The van der Waals surface area contributed by atoms with Gasteiger partial charge in [-0.2, -0.15) is 0 Å². The Balaban J connectivity index is 1.54. The number of aromatic nitrogens is 2. The molecule has 2 heteroatoms. The van der Waals surface area contributed by atoms with Crippen LogP contribution in [0.15, 0.2) is 91.8 Å². The van der Waals surface area contributed by atoms with Crippen LogP contribution in [-0.2, 0) is 10.8 Å². The van der Waals surface area contributed by atoms with Gasteiger partial charge in [-0.15, -0.1) is 13.2 Å². The molecule has 0 saturated carbocycles. The average molecular weight is 503 g/mol. The molecule has 0 saturated heterocycles. The van der Waals surface area contributed by atoms with E-state index in [1.54, 1.807) is 0 Å². The molecule has 4 aromatic rings. The summed E-state index contributed by atoms with van der Waals surface area (Å²) >= 11 is 0. The first kappa shape index (κ1) is 26.1. The fourth-order valence-electron chi connectivity index (χ4n) is 5.99. The third-order valence-corrected chi connectivity index (χ3v) is 9.06. The van der Waals surface area contributed by atoms with Crippen molar-refractivity contribution in [3.63, 3.8) is 0 Å². The highest BCUT2D eigenvalue weighted by Crippen LogP contribution is 2.48. The molecule has 196 valence electrons. The zero-order chi connectivity index (χ0) is 27.3. The van der Waals surface area contributed by atoms with Gasteiger partial charge in [0, 0.05) is 50.9 Å². The lowest BCUT2D eigenvalue weighted by atomic mass is 9.66. The van der Waals surface area contributed by atoms with E-state index in [0.29, 0.717) is 5.92 Å². The lowest BCUT2D eigenvalue weighted by molar-refractivity contribution is 0.334. The highest BCUT2D eigenvalue weighted by Gasteiger charge is 2.35. The van der Waals surface area contributed by atoms with Gasteiger partial charge >= 0.3 is 0 Å². The van der Waals surface area contributed by atoms with Crippen molar-refractivity contribution in [2.75, 3.05) is 0 Å². The average Bonchev–Trinajstić information content (AvgIpc) is 3.53. The van der Waals surface area contributed by atoms with Gasteiger partial charge in [-0.3, -0.25) is 0 Å². The van der Waals surface area contributed by atoms with E-state index in [9.17, 15) is 0 Å². The molecular formula is C36H42N2. The molecule has 1 aliphatic rings. The van der Waals surface area contributed by atoms with Crippen molar-refractivity contribution in [2.24, 2.45) is 5.41 Å². The largest absolute Gasteiger partial charge is 0.361 e. The highest BCUT2D eigenvalue weighted by molar-refractivity contribution is 5.87. The van der Waals surface area contributed by atoms with Gasteiger partial charge in [0.25, 0.3) is 0 Å². The van der Waals surface area contributed by atoms with Gasteiger partial charge in [0.1, 0.15) is 0 Å². The van der Waals surface area contributed by atoms with E-state index in [2.05, 4.69) is 132 Å². The van der Waals surface area contributed by atoms with E-state index in [1.807, 2.05) is 12.2 Å². The minimum Gasteiger partial charge on any atom is -0.361 e. The maximum absolute atomic E-state index is 4.09. The summed E-state index contributed by atoms with van der Waals surface area (Å²) < 4.78 is 0. The summed E-state index contributed by atoms with van der Waals surface area (Å²) in [5, 5.41) is 2.57. The Kier molecular flexibility index (Phi) is 6.42. The van der Waals surface area contributed by atoms with Crippen LogP contribution in [0.5, 0.6) is 0 Å². The minimum atomic E-state index is -0.0890. The lowest BCUT2D eigenvalue weighted by Crippen LogP contribution is -2.25. The SMILES string of the molecule is C=CC(C)(C)c1c[nH]c2ccc(/C=C/[C@]3(C)CCC(C)=C[C@@H]3c3ccc4[nH]cc(C(C)(C)C=C)c4c3)cc12. The van der Waals surface area contributed by atoms with Crippen molar-refractivity contribution in [1.29, 1.82) is 0 Å². The fourth-order valence-corrected chi connectivity index (χ4v) is 5.99. The quantitative estimate of drug-likeness (QED) is 0.236. The zero-order valence-electron chi connectivity index (χ0n) is 23.9. The third-order valence-electron chi connectivity index (χ3n) is 9.06. The number of fused-ring (bicyclic) bond motifs is 2. The van der Waals surface area contributed by atoms with Gasteiger partial charge in [-0.05, 0) is 71.7 Å². The third kappa shape index (κ3) is 4.51. The van der Waals surface area contributed by atoms with Gasteiger partial charge in [0.05, 0.1) is 0 Å². The number of nitrogens with one attached hydrogen (secondary N) is 2. The molecule has 0 amide bonds. The summed E-state index contributed by atoms with van der Waals surface area (Å²) in [6.45, 7) is 21.8. The number of rotatable bonds is 7. The maximum atomic E-state index is 4.09. The molecule has 2 heterocycles. The van der Waals surface area contributed by atoms with Crippen LogP contribution < -0.4 is 0 Å². The van der Waals surface area contributed by atoms with Gasteiger partial charge in [0.15, 0.2) is 0 Å². The zero-order valence-corrected chi connectivity index (χ0v) is 23.9. The summed E-state index contributed by atoms with van der Waals surface area (Å²) in [5.74, 6) is 0.317. The van der Waals surface area contributed by atoms with Crippen molar-refractivity contribution >= 4 is 27.9 Å². The van der Waals surface area contributed by atoms with Crippen molar-refractivity contribution in [3.8, 4) is 0 Å². The standard InChI is InChI=1S/C36H42N2/c1-9-34(4,5)30-22-37-32-13-11-25(20-27(30)32)16-18-36(8)17-15-24(3)19-29(36)26-12-14-33-28(21-26)31(23-38-33)35(6,7)10-2/h9-14,16,18-23,29,37-38H,1-2,15,17H2,3-8H3/b18-16+/t29-,36+/m1/s1. The minimum absolute atomic E-state index is 0.0218. The number of hydrogen-bond acceptors (Lipinski definition) is 0. The smallest absolute Gasteiger partial charge is 0.0457 e. The lowest BCUT2D eigenvalue weighted by Gasteiger charge is -2.38. The highest BCUT2D eigenvalue weighted by atomic mass is 14.7. The van der Waals surface area contributed by atoms with Crippen LogP contribution in [0.4, 0.5) is 0 Å². The Morgan fingerprint density at radius 2 is 1.45 bits per heavy atom. The molecule has 2 aromatic carbocycles. The van der Waals surface area contributed by atoms with Crippen LogP contribution in [0.2, 0.25) is 0 Å². The number of allylic oxidation sites excluding steroid dienone is 5. The summed E-state index contributed by atoms with van der Waals surface area (Å²) in [7, 11) is 0. The van der Waals surface area contributed by atoms with E-state index in [0.717, 1.165) is 12.8 Å². The second-order valence-corrected chi connectivity index (χ2v) is 12.7. The molecule has 38 heavy (non-hydrogen) atoms. The van der Waals surface area contributed by atoms with Crippen molar-refractivity contribution in [2.45, 2.75) is 71.1 Å². The van der Waals surface area contributed by atoms with Crippen LogP contribution in [-0.4, -0.2) is 9.97 Å². The fraction of sp³-hybridized carbons (Fsp3) is 0.333. The molecule has 2 nitrogen and oxygen atoms in total. The molecule has 0 fully saturated rings. The topological polar surface area (TPSA) is 31.6 Å². The van der Waals surface area contributed by atoms with Gasteiger partial charge in [-0.1, -0.05) is 82.7 Å². The summed E-state index contributed by atoms with van der Waals surface area (Å²) in [6, 6.07) is 13.7. The number of H-pyrrole nitrogens is 2. The van der Waals surface area contributed by atoms with E-state index in [1.165, 1.54) is 49.6 Å². The molecule has 1 aliphatic carbocycles. The number of aromatic amines is 2. The van der Waals surface area contributed by atoms with E-state index < -0.39 is 0 Å².